The molecule has 1 amide bonds. The molecule has 0 aliphatic heterocycles. The summed E-state index contributed by atoms with van der Waals surface area (Å²) in [5.74, 6) is -0.0569. The lowest BCUT2D eigenvalue weighted by Crippen LogP contribution is -2.28. The van der Waals surface area contributed by atoms with E-state index in [1.54, 1.807) is 0 Å². The molecule has 0 fully saturated rings. The van der Waals surface area contributed by atoms with Gasteiger partial charge in [-0.05, 0) is 27.3 Å². The Morgan fingerprint density at radius 2 is 1.12 bits per heavy atom. The lowest BCUT2D eigenvalue weighted by atomic mass is 9.91. The Morgan fingerprint density at radius 3 is 1.81 bits per heavy atom. The van der Waals surface area contributed by atoms with Gasteiger partial charge in [0.1, 0.15) is 0 Å². The Hall–Kier alpha value is -3.95. The Labute approximate surface area is 187 Å². The zero-order valence-electron chi connectivity index (χ0n) is 17.7. The van der Waals surface area contributed by atoms with Gasteiger partial charge < -0.3 is 10.6 Å². The lowest BCUT2D eigenvalue weighted by Gasteiger charge is -2.19. The lowest BCUT2D eigenvalue weighted by molar-refractivity contribution is -0.115. The van der Waals surface area contributed by atoms with E-state index in [1.807, 2.05) is 48.5 Å². The van der Waals surface area contributed by atoms with E-state index in [4.69, 9.17) is 0 Å². The number of amides is 1. The number of carbonyl (C=O) groups is 1. The van der Waals surface area contributed by atoms with Gasteiger partial charge in [0.25, 0.3) is 0 Å². The topological polar surface area (TPSA) is 41.1 Å². The van der Waals surface area contributed by atoms with E-state index in [1.165, 1.54) is 5.39 Å². The summed E-state index contributed by atoms with van der Waals surface area (Å²) in [6.07, 6.45) is 0. The highest BCUT2D eigenvalue weighted by Gasteiger charge is 2.17. The van der Waals surface area contributed by atoms with E-state index >= 15 is 0 Å². The van der Waals surface area contributed by atoms with Crippen molar-refractivity contribution in [3.8, 4) is 11.1 Å². The second-order valence-electron chi connectivity index (χ2n) is 7.84. The van der Waals surface area contributed by atoms with Crippen molar-refractivity contribution in [2.24, 2.45) is 0 Å². The molecule has 0 atom stereocenters. The standard InChI is InChI=1S/C29H24N2O/c32-27(20-30-19-21-11-3-1-4-12-21)31-29-26-18-10-8-16-24(26)23-15-7-9-17-25(23)28(29)22-13-5-2-6-14-22/h1-18,30H,19-20H2,(H,31,32). The highest BCUT2D eigenvalue weighted by molar-refractivity contribution is 6.22. The fraction of sp³-hybridized carbons (Fsp3) is 0.0690. The third-order valence-electron chi connectivity index (χ3n) is 5.72. The minimum absolute atomic E-state index is 0.0569. The Kier molecular flexibility index (Phi) is 5.65. The first-order valence-corrected chi connectivity index (χ1v) is 10.8. The molecule has 3 nitrogen and oxygen atoms in total. The number of fused-ring (bicyclic) bond motifs is 3. The van der Waals surface area contributed by atoms with Gasteiger partial charge in [0.2, 0.25) is 5.91 Å². The van der Waals surface area contributed by atoms with Crippen LogP contribution in [0.3, 0.4) is 0 Å². The number of hydrogen-bond donors (Lipinski definition) is 2. The van der Waals surface area contributed by atoms with Crippen molar-refractivity contribution in [2.75, 3.05) is 11.9 Å². The molecule has 0 saturated carbocycles. The largest absolute Gasteiger partial charge is 0.324 e. The van der Waals surface area contributed by atoms with Gasteiger partial charge in [0.05, 0.1) is 12.2 Å². The van der Waals surface area contributed by atoms with Gasteiger partial charge in [-0.25, -0.2) is 0 Å². The van der Waals surface area contributed by atoms with Gasteiger partial charge in [-0.1, -0.05) is 109 Å². The van der Waals surface area contributed by atoms with Crippen LogP contribution >= 0.6 is 0 Å². The van der Waals surface area contributed by atoms with Crippen LogP contribution in [0, 0.1) is 0 Å². The Morgan fingerprint density at radius 1 is 0.594 bits per heavy atom. The molecule has 0 bridgehead atoms. The smallest absolute Gasteiger partial charge is 0.238 e. The summed E-state index contributed by atoms with van der Waals surface area (Å²) in [5, 5.41) is 11.0. The summed E-state index contributed by atoms with van der Waals surface area (Å²) >= 11 is 0. The van der Waals surface area contributed by atoms with Crippen LogP contribution in [0.5, 0.6) is 0 Å². The average Bonchev–Trinajstić information content (AvgIpc) is 2.85. The molecule has 5 aromatic carbocycles. The van der Waals surface area contributed by atoms with Crippen molar-refractivity contribution >= 4 is 33.1 Å². The number of benzene rings is 5. The first-order chi connectivity index (χ1) is 15.8. The van der Waals surface area contributed by atoms with Crippen molar-refractivity contribution < 1.29 is 4.79 Å². The number of anilines is 1. The number of nitrogens with one attached hydrogen (secondary N) is 2. The zero-order chi connectivity index (χ0) is 21.8. The second kappa shape index (κ2) is 9.04. The summed E-state index contributed by atoms with van der Waals surface area (Å²) < 4.78 is 0. The molecule has 5 rings (SSSR count). The Bertz CT molecular complexity index is 1380. The normalized spacial score (nSPS) is 11.0. The van der Waals surface area contributed by atoms with E-state index in [0.29, 0.717) is 6.54 Å². The van der Waals surface area contributed by atoms with Crippen LogP contribution in [0.2, 0.25) is 0 Å². The third-order valence-corrected chi connectivity index (χ3v) is 5.72. The van der Waals surface area contributed by atoms with E-state index in [-0.39, 0.29) is 12.5 Å². The summed E-state index contributed by atoms with van der Waals surface area (Å²) in [7, 11) is 0. The summed E-state index contributed by atoms with van der Waals surface area (Å²) in [6.45, 7) is 0.891. The zero-order valence-corrected chi connectivity index (χ0v) is 17.7. The fourth-order valence-corrected chi connectivity index (χ4v) is 4.28. The number of carbonyl (C=O) groups excluding carboxylic acids is 1. The second-order valence-corrected chi connectivity index (χ2v) is 7.84. The molecule has 0 unspecified atom stereocenters. The van der Waals surface area contributed by atoms with Crippen LogP contribution in [0.15, 0.2) is 109 Å². The molecule has 32 heavy (non-hydrogen) atoms. The maximum Gasteiger partial charge on any atom is 0.238 e. The first-order valence-electron chi connectivity index (χ1n) is 10.8. The van der Waals surface area contributed by atoms with Crippen LogP contribution in [-0.4, -0.2) is 12.5 Å². The summed E-state index contributed by atoms with van der Waals surface area (Å²) in [6, 6.07) is 37.1. The van der Waals surface area contributed by atoms with E-state index in [9.17, 15) is 4.79 Å². The van der Waals surface area contributed by atoms with Crippen LogP contribution in [0.4, 0.5) is 5.69 Å². The third kappa shape index (κ3) is 3.98. The SMILES string of the molecule is O=C(CNCc1ccccc1)Nc1c(-c2ccccc2)c2ccccc2c2ccccc12. The molecule has 0 radical (unpaired) electrons. The van der Waals surface area contributed by atoms with Crippen molar-refractivity contribution in [2.45, 2.75) is 6.54 Å². The maximum atomic E-state index is 13.0. The molecule has 3 heteroatoms. The van der Waals surface area contributed by atoms with Gasteiger partial charge >= 0.3 is 0 Å². The molecule has 0 heterocycles. The molecule has 5 aromatic rings. The van der Waals surface area contributed by atoms with Crippen LogP contribution in [0.25, 0.3) is 32.7 Å². The molecule has 0 spiro atoms. The van der Waals surface area contributed by atoms with Crippen molar-refractivity contribution in [3.05, 3.63) is 115 Å². The monoisotopic (exact) mass is 416 g/mol. The van der Waals surface area contributed by atoms with Crippen molar-refractivity contribution in [3.63, 3.8) is 0 Å². The predicted octanol–water partition coefficient (Wildman–Crippen LogP) is 6.39. The molecule has 2 N–H and O–H groups in total. The summed E-state index contributed by atoms with van der Waals surface area (Å²) in [5.41, 5.74) is 4.15. The van der Waals surface area contributed by atoms with Crippen molar-refractivity contribution in [1.29, 1.82) is 0 Å². The van der Waals surface area contributed by atoms with Gasteiger partial charge in [-0.15, -0.1) is 0 Å². The maximum absolute atomic E-state index is 13.0. The van der Waals surface area contributed by atoms with Gasteiger partial charge in [-0.3, -0.25) is 4.79 Å². The minimum atomic E-state index is -0.0569. The number of hydrogen-bond acceptors (Lipinski definition) is 2. The highest BCUT2D eigenvalue weighted by atomic mass is 16.1. The fourth-order valence-electron chi connectivity index (χ4n) is 4.28. The van der Waals surface area contributed by atoms with E-state index in [0.717, 1.165) is 38.5 Å². The minimum Gasteiger partial charge on any atom is -0.324 e. The van der Waals surface area contributed by atoms with Crippen molar-refractivity contribution in [1.82, 2.24) is 5.32 Å². The van der Waals surface area contributed by atoms with Gasteiger partial charge in [0.15, 0.2) is 0 Å². The number of rotatable bonds is 6. The van der Waals surface area contributed by atoms with Crippen LogP contribution in [0.1, 0.15) is 5.56 Å². The molecular formula is C29H24N2O. The molecule has 0 aliphatic carbocycles. The molecule has 0 aliphatic rings. The van der Waals surface area contributed by atoms with Crippen LogP contribution in [-0.2, 0) is 11.3 Å². The molecule has 0 aromatic heterocycles. The highest BCUT2D eigenvalue weighted by Crippen LogP contribution is 2.42. The van der Waals surface area contributed by atoms with Crippen LogP contribution < -0.4 is 10.6 Å². The molecule has 156 valence electrons. The first kappa shape index (κ1) is 20.0. The average molecular weight is 417 g/mol. The Balaban J connectivity index is 1.55. The predicted molar refractivity (Wildman–Crippen MR) is 134 cm³/mol. The van der Waals surface area contributed by atoms with E-state index in [2.05, 4.69) is 71.3 Å². The summed E-state index contributed by atoms with van der Waals surface area (Å²) in [4.78, 5) is 13.0. The van der Waals surface area contributed by atoms with Gasteiger partial charge in [0, 0.05) is 17.5 Å². The quantitative estimate of drug-likeness (QED) is 0.315. The van der Waals surface area contributed by atoms with Gasteiger partial charge in [-0.2, -0.15) is 0 Å². The molecule has 0 saturated heterocycles. The molecular weight excluding hydrogens is 392 g/mol. The van der Waals surface area contributed by atoms with E-state index < -0.39 is 0 Å².